The van der Waals surface area contributed by atoms with E-state index in [0.717, 1.165) is 25.7 Å². The molecule has 0 unspecified atom stereocenters. The molecule has 0 aromatic heterocycles. The normalized spacial score (nSPS) is 28.0. The lowest BCUT2D eigenvalue weighted by molar-refractivity contribution is -0.0170. The number of halogens is 1. The van der Waals surface area contributed by atoms with E-state index in [4.69, 9.17) is 4.74 Å². The molecule has 90 valence electrons. The summed E-state index contributed by atoms with van der Waals surface area (Å²) in [5.41, 5.74) is -0.486. The van der Waals surface area contributed by atoms with Crippen LogP contribution in [0, 0.1) is 0 Å². The summed E-state index contributed by atoms with van der Waals surface area (Å²) in [7, 11) is 0. The van der Waals surface area contributed by atoms with Crippen molar-refractivity contribution in [1.82, 2.24) is 0 Å². The molecule has 2 nitrogen and oxygen atoms in total. The van der Waals surface area contributed by atoms with Crippen molar-refractivity contribution in [2.45, 2.75) is 74.6 Å². The smallest absolute Gasteiger partial charge is 0.0700 e. The highest BCUT2D eigenvalue weighted by molar-refractivity contribution is 14.1. The zero-order chi connectivity index (χ0) is 11.7. The van der Waals surface area contributed by atoms with Crippen molar-refractivity contribution in [1.29, 1.82) is 0 Å². The zero-order valence-corrected chi connectivity index (χ0v) is 12.4. The van der Waals surface area contributed by atoms with E-state index < -0.39 is 5.60 Å². The van der Waals surface area contributed by atoms with Crippen LogP contribution in [-0.4, -0.2) is 26.3 Å². The second-order valence-electron chi connectivity index (χ2n) is 5.82. The van der Waals surface area contributed by atoms with Crippen LogP contribution < -0.4 is 0 Å². The Morgan fingerprint density at radius 2 is 2.13 bits per heavy atom. The van der Waals surface area contributed by atoms with Crippen LogP contribution in [0.15, 0.2) is 0 Å². The van der Waals surface area contributed by atoms with Crippen LogP contribution in [0.5, 0.6) is 0 Å². The lowest BCUT2D eigenvalue weighted by Crippen LogP contribution is -2.28. The van der Waals surface area contributed by atoms with Crippen LogP contribution in [0.4, 0.5) is 0 Å². The van der Waals surface area contributed by atoms with Crippen molar-refractivity contribution in [3.63, 3.8) is 0 Å². The molecular formula is C12H23IO2. The molecule has 3 heteroatoms. The first kappa shape index (κ1) is 13.7. The third-order valence-electron chi connectivity index (χ3n) is 2.94. The Bertz CT molecular complexity index is 208. The second-order valence-corrected chi connectivity index (χ2v) is 7.42. The van der Waals surface area contributed by atoms with Crippen molar-refractivity contribution in [2.24, 2.45) is 0 Å². The first-order chi connectivity index (χ1) is 6.70. The summed E-state index contributed by atoms with van der Waals surface area (Å²) in [4.78, 5) is 0. The maximum Gasteiger partial charge on any atom is 0.0700 e. The van der Waals surface area contributed by atoms with Crippen molar-refractivity contribution in [3.05, 3.63) is 0 Å². The van der Waals surface area contributed by atoms with E-state index in [1.54, 1.807) is 0 Å². The first-order valence-electron chi connectivity index (χ1n) is 5.74. The molecule has 0 amide bonds. The van der Waals surface area contributed by atoms with Gasteiger partial charge in [0.05, 0.1) is 17.3 Å². The van der Waals surface area contributed by atoms with E-state index in [1.807, 2.05) is 13.8 Å². The van der Waals surface area contributed by atoms with Crippen LogP contribution in [-0.2, 0) is 4.74 Å². The lowest BCUT2D eigenvalue weighted by Gasteiger charge is -2.25. The van der Waals surface area contributed by atoms with E-state index in [-0.39, 0.29) is 5.60 Å². The Balaban J connectivity index is 2.33. The van der Waals surface area contributed by atoms with Crippen LogP contribution in [0.25, 0.3) is 0 Å². The summed E-state index contributed by atoms with van der Waals surface area (Å²) < 4.78 is 6.51. The number of alkyl halides is 1. The molecule has 2 atom stereocenters. The topological polar surface area (TPSA) is 29.5 Å². The summed E-state index contributed by atoms with van der Waals surface area (Å²) in [5, 5.41) is 9.67. The van der Waals surface area contributed by atoms with Crippen LogP contribution in [0.1, 0.15) is 53.4 Å². The molecule has 0 bridgehead atoms. The minimum atomic E-state index is -0.544. The monoisotopic (exact) mass is 326 g/mol. The molecule has 1 fully saturated rings. The van der Waals surface area contributed by atoms with Crippen LogP contribution in [0.3, 0.4) is 0 Å². The molecule has 0 aromatic rings. The zero-order valence-electron chi connectivity index (χ0n) is 10.2. The summed E-state index contributed by atoms with van der Waals surface area (Å²) in [6, 6.07) is 0. The largest absolute Gasteiger partial charge is 0.390 e. The molecular weight excluding hydrogens is 303 g/mol. The fraction of sp³-hybridized carbons (Fsp3) is 1.00. The molecule has 1 saturated heterocycles. The van der Waals surface area contributed by atoms with Gasteiger partial charge in [0.2, 0.25) is 0 Å². The summed E-state index contributed by atoms with van der Waals surface area (Å²) in [6.07, 6.45) is 4.57. The Morgan fingerprint density at radius 1 is 1.53 bits per heavy atom. The van der Waals surface area contributed by atoms with Crippen LogP contribution in [0.2, 0.25) is 0 Å². The highest BCUT2D eigenvalue weighted by Gasteiger charge is 2.35. The van der Waals surface area contributed by atoms with Gasteiger partial charge in [-0.05, 0) is 53.4 Å². The van der Waals surface area contributed by atoms with E-state index >= 15 is 0 Å². The number of aliphatic hydroxyl groups is 1. The van der Waals surface area contributed by atoms with E-state index in [0.29, 0.717) is 10.0 Å². The van der Waals surface area contributed by atoms with Gasteiger partial charge in [0, 0.05) is 3.92 Å². The molecule has 0 aromatic carbocycles. The maximum absolute atomic E-state index is 9.67. The quantitative estimate of drug-likeness (QED) is 0.634. The Labute approximate surface area is 107 Å². The standard InChI is InChI=1S/C12H23IO2/c1-11(2,14)7-5-9(13)10-6-8-12(3,4)15-10/h9-10,14H,5-8H2,1-4H3/t9-,10-/m0/s1. The Kier molecular flexibility index (Phi) is 4.46. The Morgan fingerprint density at radius 3 is 2.53 bits per heavy atom. The van der Waals surface area contributed by atoms with Gasteiger partial charge in [-0.25, -0.2) is 0 Å². The van der Waals surface area contributed by atoms with Crippen molar-refractivity contribution in [3.8, 4) is 0 Å². The fourth-order valence-corrected chi connectivity index (χ4v) is 2.77. The van der Waals surface area contributed by atoms with Gasteiger partial charge >= 0.3 is 0 Å². The molecule has 1 heterocycles. The van der Waals surface area contributed by atoms with Crippen molar-refractivity contribution in [2.75, 3.05) is 0 Å². The molecule has 15 heavy (non-hydrogen) atoms. The summed E-state index contributed by atoms with van der Waals surface area (Å²) >= 11 is 2.46. The van der Waals surface area contributed by atoms with Crippen LogP contribution >= 0.6 is 22.6 Å². The van der Waals surface area contributed by atoms with Gasteiger partial charge in [-0.2, -0.15) is 0 Å². The predicted octanol–water partition coefficient (Wildman–Crippen LogP) is 3.30. The van der Waals surface area contributed by atoms with Crippen molar-refractivity contribution < 1.29 is 9.84 Å². The van der Waals surface area contributed by atoms with Gasteiger partial charge in [-0.15, -0.1) is 0 Å². The molecule has 1 rings (SSSR count). The predicted molar refractivity (Wildman–Crippen MR) is 71.5 cm³/mol. The van der Waals surface area contributed by atoms with Gasteiger partial charge in [0.1, 0.15) is 0 Å². The first-order valence-corrected chi connectivity index (χ1v) is 6.98. The van der Waals surface area contributed by atoms with Crippen molar-refractivity contribution >= 4 is 22.6 Å². The molecule has 0 spiro atoms. The number of rotatable bonds is 4. The van der Waals surface area contributed by atoms with Gasteiger partial charge in [0.25, 0.3) is 0 Å². The minimum absolute atomic E-state index is 0.0584. The molecule has 0 radical (unpaired) electrons. The number of ether oxygens (including phenoxy) is 1. The number of hydrogen-bond donors (Lipinski definition) is 1. The molecule has 0 aliphatic carbocycles. The number of hydrogen-bond acceptors (Lipinski definition) is 2. The second kappa shape index (κ2) is 4.88. The van der Waals surface area contributed by atoms with E-state index in [2.05, 4.69) is 36.4 Å². The average molecular weight is 326 g/mol. The van der Waals surface area contributed by atoms with Gasteiger partial charge in [0.15, 0.2) is 0 Å². The lowest BCUT2D eigenvalue weighted by atomic mass is 9.98. The van der Waals surface area contributed by atoms with Gasteiger partial charge in [-0.3, -0.25) is 0 Å². The molecule has 1 aliphatic heterocycles. The third kappa shape index (κ3) is 5.00. The molecule has 1 aliphatic rings. The minimum Gasteiger partial charge on any atom is -0.390 e. The van der Waals surface area contributed by atoms with Gasteiger partial charge in [-0.1, -0.05) is 22.6 Å². The molecule has 0 saturated carbocycles. The highest BCUT2D eigenvalue weighted by atomic mass is 127. The van der Waals surface area contributed by atoms with Gasteiger partial charge < -0.3 is 9.84 Å². The fourth-order valence-electron chi connectivity index (χ4n) is 1.95. The van der Waals surface area contributed by atoms with E-state index in [9.17, 15) is 5.11 Å². The molecule has 1 N–H and O–H groups in total. The third-order valence-corrected chi connectivity index (χ3v) is 4.36. The summed E-state index contributed by atoms with van der Waals surface area (Å²) in [6.45, 7) is 8.06. The maximum atomic E-state index is 9.67. The average Bonchev–Trinajstić information content (AvgIpc) is 2.40. The SMILES string of the molecule is CC(C)(O)CC[C@H](I)[C@@H]1CCC(C)(C)O1. The summed E-state index contributed by atoms with van der Waals surface area (Å²) in [5.74, 6) is 0. The highest BCUT2D eigenvalue weighted by Crippen LogP contribution is 2.35. The van der Waals surface area contributed by atoms with E-state index in [1.165, 1.54) is 0 Å². The Hall–Kier alpha value is 0.650.